The number of nitrogens with one attached hydrogen (secondary N) is 2. The van der Waals surface area contributed by atoms with Gasteiger partial charge in [0.05, 0.1) is 0 Å². The predicted octanol–water partition coefficient (Wildman–Crippen LogP) is 3.16. The van der Waals surface area contributed by atoms with E-state index >= 15 is 0 Å². The highest BCUT2D eigenvalue weighted by molar-refractivity contribution is 7.91. The Morgan fingerprint density at radius 3 is 2.69 bits per heavy atom. The van der Waals surface area contributed by atoms with E-state index in [-0.39, 0.29) is 21.8 Å². The van der Waals surface area contributed by atoms with Gasteiger partial charge in [-0.1, -0.05) is 37.3 Å². The number of amides is 1. The number of carbonyl (C=O) groups is 1. The molecular formula is C19H27N5O3S2. The summed E-state index contributed by atoms with van der Waals surface area (Å²) < 4.78 is 27.7. The zero-order valence-corrected chi connectivity index (χ0v) is 18.5. The Morgan fingerprint density at radius 1 is 1.31 bits per heavy atom. The molecule has 158 valence electrons. The first-order valence-electron chi connectivity index (χ1n) is 9.79. The van der Waals surface area contributed by atoms with Crippen LogP contribution >= 0.6 is 11.3 Å². The van der Waals surface area contributed by atoms with Gasteiger partial charge in [-0.05, 0) is 43.4 Å². The number of anilines is 2. The molecule has 2 N–H and O–H groups in total. The van der Waals surface area contributed by atoms with E-state index in [4.69, 9.17) is 0 Å². The van der Waals surface area contributed by atoms with Crippen molar-refractivity contribution in [1.82, 2.24) is 14.9 Å². The fourth-order valence-corrected chi connectivity index (χ4v) is 5.49. The number of piperidine rings is 1. The zero-order valence-electron chi connectivity index (χ0n) is 16.9. The molecule has 2 atom stereocenters. The summed E-state index contributed by atoms with van der Waals surface area (Å²) in [7, 11) is -3.83. The minimum atomic E-state index is -3.83. The topological polar surface area (TPSA) is 104 Å². The van der Waals surface area contributed by atoms with Crippen LogP contribution in [0.3, 0.4) is 0 Å². The molecule has 0 unspecified atom stereocenters. The maximum Gasteiger partial charge on any atom is 0.270 e. The van der Waals surface area contributed by atoms with Gasteiger partial charge in [-0.2, -0.15) is 0 Å². The van der Waals surface area contributed by atoms with Crippen molar-refractivity contribution >= 4 is 38.1 Å². The number of hydrogen-bond acceptors (Lipinski definition) is 7. The second kappa shape index (κ2) is 9.19. The highest BCUT2D eigenvalue weighted by Gasteiger charge is 2.24. The first-order chi connectivity index (χ1) is 13.8. The normalized spacial score (nSPS) is 18.4. The van der Waals surface area contributed by atoms with E-state index in [9.17, 15) is 13.2 Å². The van der Waals surface area contributed by atoms with Crippen LogP contribution < -0.4 is 14.9 Å². The van der Waals surface area contributed by atoms with Crippen LogP contribution in [0.1, 0.15) is 51.6 Å². The standard InChI is InChI=1S/C19H27N5O3S2/c1-4-17(25)20-18-21-22-19(28-18)29(26,27)23-14(3)15-7-9-16(10-8-15)24-11-5-6-13(2)12-24/h7-10,13-14,23H,4-6,11-12H2,1-3H3,(H,20,21,25)/t13-,14-/m0/s1. The van der Waals surface area contributed by atoms with Gasteiger partial charge in [0.2, 0.25) is 15.4 Å². The SMILES string of the molecule is CCC(=O)Nc1nnc(S(=O)(=O)N[C@@H](C)c2ccc(N3CCC[C@H](C)C3)cc2)s1. The summed E-state index contributed by atoms with van der Waals surface area (Å²) in [6.45, 7) is 7.87. The molecule has 1 aromatic carbocycles. The lowest BCUT2D eigenvalue weighted by Crippen LogP contribution is -2.34. The van der Waals surface area contributed by atoms with E-state index in [0.29, 0.717) is 5.92 Å². The third-order valence-electron chi connectivity index (χ3n) is 4.95. The van der Waals surface area contributed by atoms with E-state index < -0.39 is 16.1 Å². The molecule has 1 amide bonds. The second-order valence-electron chi connectivity index (χ2n) is 7.40. The molecule has 0 radical (unpaired) electrons. The van der Waals surface area contributed by atoms with Gasteiger partial charge in [-0.15, -0.1) is 10.2 Å². The molecule has 2 heterocycles. The van der Waals surface area contributed by atoms with Crippen molar-refractivity contribution in [3.05, 3.63) is 29.8 Å². The molecule has 2 aromatic rings. The number of benzene rings is 1. The minimum Gasteiger partial charge on any atom is -0.371 e. The van der Waals surface area contributed by atoms with Crippen LogP contribution in [0.2, 0.25) is 0 Å². The first kappa shape index (κ1) is 21.7. The third kappa shape index (κ3) is 5.52. The van der Waals surface area contributed by atoms with Crippen molar-refractivity contribution in [1.29, 1.82) is 0 Å². The lowest BCUT2D eigenvalue weighted by molar-refractivity contribution is -0.115. The highest BCUT2D eigenvalue weighted by atomic mass is 32.2. The van der Waals surface area contributed by atoms with Crippen LogP contribution in [0.5, 0.6) is 0 Å². The zero-order chi connectivity index (χ0) is 21.0. The predicted molar refractivity (Wildman–Crippen MR) is 115 cm³/mol. The first-order valence-corrected chi connectivity index (χ1v) is 12.1. The fourth-order valence-electron chi connectivity index (χ4n) is 3.33. The van der Waals surface area contributed by atoms with E-state index in [1.54, 1.807) is 13.8 Å². The number of nitrogens with zero attached hydrogens (tertiary/aromatic N) is 3. The van der Waals surface area contributed by atoms with E-state index in [0.717, 1.165) is 35.7 Å². The Balaban J connectivity index is 1.65. The van der Waals surface area contributed by atoms with Gasteiger partial charge in [0, 0.05) is 31.2 Å². The molecule has 0 spiro atoms. The highest BCUT2D eigenvalue weighted by Crippen LogP contribution is 2.26. The summed E-state index contributed by atoms with van der Waals surface area (Å²) in [5.41, 5.74) is 2.03. The van der Waals surface area contributed by atoms with Crippen molar-refractivity contribution in [3.63, 3.8) is 0 Å². The lowest BCUT2D eigenvalue weighted by Gasteiger charge is -2.33. The maximum absolute atomic E-state index is 12.6. The number of hydrogen-bond donors (Lipinski definition) is 2. The van der Waals surface area contributed by atoms with Gasteiger partial charge >= 0.3 is 0 Å². The minimum absolute atomic E-state index is 0.171. The summed E-state index contributed by atoms with van der Waals surface area (Å²) >= 11 is 0.831. The summed E-state index contributed by atoms with van der Waals surface area (Å²) in [6.07, 6.45) is 2.74. The molecule has 8 nitrogen and oxygen atoms in total. The molecule has 3 rings (SSSR count). The molecule has 1 saturated heterocycles. The summed E-state index contributed by atoms with van der Waals surface area (Å²) in [6, 6.07) is 7.57. The molecule has 0 saturated carbocycles. The number of aromatic nitrogens is 2. The maximum atomic E-state index is 12.6. The molecule has 1 aromatic heterocycles. The molecular weight excluding hydrogens is 410 g/mol. The molecule has 1 aliphatic rings. The Morgan fingerprint density at radius 2 is 2.03 bits per heavy atom. The summed E-state index contributed by atoms with van der Waals surface area (Å²) in [4.78, 5) is 13.8. The lowest BCUT2D eigenvalue weighted by atomic mass is 9.99. The molecule has 1 aliphatic heterocycles. The molecule has 0 aliphatic carbocycles. The van der Waals surface area contributed by atoms with Gasteiger partial charge in [0.25, 0.3) is 10.0 Å². The quantitative estimate of drug-likeness (QED) is 0.645. The van der Waals surface area contributed by atoms with E-state index in [2.05, 4.69) is 32.1 Å². The van der Waals surface area contributed by atoms with Crippen molar-refractivity contribution in [2.45, 2.75) is 50.4 Å². The molecule has 29 heavy (non-hydrogen) atoms. The van der Waals surface area contributed by atoms with Gasteiger partial charge in [0.1, 0.15) is 0 Å². The van der Waals surface area contributed by atoms with Crippen molar-refractivity contribution < 1.29 is 13.2 Å². The monoisotopic (exact) mass is 437 g/mol. The Kier molecular flexibility index (Phi) is 6.86. The molecule has 0 bridgehead atoms. The second-order valence-corrected chi connectivity index (χ2v) is 10.3. The van der Waals surface area contributed by atoms with Gasteiger partial charge in [-0.3, -0.25) is 4.79 Å². The smallest absolute Gasteiger partial charge is 0.270 e. The van der Waals surface area contributed by atoms with E-state index in [1.165, 1.54) is 12.8 Å². The van der Waals surface area contributed by atoms with Gasteiger partial charge in [0.15, 0.2) is 0 Å². The van der Waals surface area contributed by atoms with Crippen LogP contribution in [-0.2, 0) is 14.8 Å². The van der Waals surface area contributed by atoms with Crippen LogP contribution in [0.15, 0.2) is 28.6 Å². The van der Waals surface area contributed by atoms with Crippen molar-refractivity contribution in [3.8, 4) is 0 Å². The molecule has 10 heteroatoms. The van der Waals surface area contributed by atoms with Gasteiger partial charge in [-0.25, -0.2) is 13.1 Å². The third-order valence-corrected chi connectivity index (χ3v) is 7.70. The van der Waals surface area contributed by atoms with Crippen LogP contribution in [-0.4, -0.2) is 37.6 Å². The number of sulfonamides is 1. The Hall–Kier alpha value is -2.04. The fraction of sp³-hybridized carbons (Fsp3) is 0.526. The van der Waals surface area contributed by atoms with Crippen LogP contribution in [0, 0.1) is 5.92 Å². The summed E-state index contributed by atoms with van der Waals surface area (Å²) in [5, 5.41) is 10.1. The van der Waals surface area contributed by atoms with Crippen molar-refractivity contribution in [2.24, 2.45) is 5.92 Å². The van der Waals surface area contributed by atoms with E-state index in [1.807, 2.05) is 24.3 Å². The number of rotatable bonds is 7. The van der Waals surface area contributed by atoms with Crippen LogP contribution in [0.25, 0.3) is 0 Å². The Bertz CT molecular complexity index is 943. The average Bonchev–Trinajstić information content (AvgIpc) is 3.17. The number of carbonyl (C=O) groups excluding carboxylic acids is 1. The Labute approximate surface area is 175 Å². The van der Waals surface area contributed by atoms with Crippen LogP contribution in [0.4, 0.5) is 10.8 Å². The summed E-state index contributed by atoms with van der Waals surface area (Å²) in [5.74, 6) is 0.447. The molecule has 1 fully saturated rings. The van der Waals surface area contributed by atoms with Crippen molar-refractivity contribution in [2.75, 3.05) is 23.3 Å². The largest absolute Gasteiger partial charge is 0.371 e. The van der Waals surface area contributed by atoms with Gasteiger partial charge < -0.3 is 10.2 Å². The average molecular weight is 438 g/mol.